The van der Waals surface area contributed by atoms with Crippen molar-refractivity contribution in [1.29, 1.82) is 0 Å². The minimum atomic E-state index is 0.564. The Morgan fingerprint density at radius 3 is 2.38 bits per heavy atom. The van der Waals surface area contributed by atoms with E-state index in [1.165, 1.54) is 10.1 Å². The summed E-state index contributed by atoms with van der Waals surface area (Å²) in [6.07, 6.45) is 2.13. The average molecular weight is 211 g/mol. The highest BCUT2D eigenvalue weighted by atomic mass is 32.2. The second-order valence-corrected chi connectivity index (χ2v) is 5.70. The van der Waals surface area contributed by atoms with Crippen molar-refractivity contribution in [3.8, 4) is 0 Å². The molecule has 0 bridgehead atoms. The summed E-state index contributed by atoms with van der Waals surface area (Å²) in [5, 5.41) is 0.564. The number of hydrogen-bond donors (Lipinski definition) is 0. The normalized spacial score (nSPS) is 13.2. The first kappa shape index (κ1) is 11.0. The van der Waals surface area contributed by atoms with Crippen molar-refractivity contribution in [2.45, 2.75) is 19.1 Å². The topological polar surface area (TPSA) is 0 Å². The lowest BCUT2D eigenvalue weighted by atomic mass is 10.2. The zero-order chi connectivity index (χ0) is 9.68. The Bertz CT molecular complexity index is 233. The number of hydrogen-bond acceptors (Lipinski definition) is 2. The van der Waals surface area contributed by atoms with Crippen LogP contribution in [0.15, 0.2) is 30.3 Å². The smallest absolute Gasteiger partial charge is 0.0820 e. The summed E-state index contributed by atoms with van der Waals surface area (Å²) in [5.74, 6) is 0. The molecule has 0 aliphatic heterocycles. The minimum Gasteiger partial charge on any atom is -0.146 e. The Morgan fingerprint density at radius 2 is 1.85 bits per heavy atom. The van der Waals surface area contributed by atoms with Gasteiger partial charge in [0.15, 0.2) is 0 Å². The summed E-state index contributed by atoms with van der Waals surface area (Å²) in [7, 11) is 0. The van der Waals surface area contributed by atoms with Crippen LogP contribution in [0, 0.1) is 4.58 Å². The highest BCUT2D eigenvalue weighted by Gasteiger charge is 2.09. The van der Waals surface area contributed by atoms with Gasteiger partial charge in [-0.3, -0.25) is 0 Å². The van der Waals surface area contributed by atoms with E-state index in [2.05, 4.69) is 50.4 Å². The van der Waals surface area contributed by atoms with Crippen LogP contribution in [0.3, 0.4) is 0 Å². The third-order valence-corrected chi connectivity index (χ3v) is 4.22. The van der Waals surface area contributed by atoms with Crippen LogP contribution < -0.4 is 0 Å². The molecule has 1 unspecified atom stereocenters. The molecule has 0 saturated carbocycles. The van der Waals surface area contributed by atoms with Crippen LogP contribution in [0.2, 0.25) is 0 Å². The summed E-state index contributed by atoms with van der Waals surface area (Å²) in [6.45, 7) is 4.43. The van der Waals surface area contributed by atoms with Crippen molar-refractivity contribution in [2.75, 3.05) is 6.26 Å². The lowest BCUT2D eigenvalue weighted by Gasteiger charge is -2.14. The van der Waals surface area contributed by atoms with Gasteiger partial charge in [0.2, 0.25) is 0 Å². The third kappa shape index (κ3) is 3.65. The first-order chi connectivity index (χ1) is 6.24. The molecule has 0 aliphatic rings. The SMILES string of the molecule is CS[C](C)SC(C)c1ccccc1. The van der Waals surface area contributed by atoms with Gasteiger partial charge in [0.05, 0.1) is 4.58 Å². The molecular formula is C11H15S2. The molecule has 0 spiro atoms. The first-order valence-electron chi connectivity index (χ1n) is 4.33. The van der Waals surface area contributed by atoms with E-state index in [-0.39, 0.29) is 0 Å². The molecule has 71 valence electrons. The lowest BCUT2D eigenvalue weighted by molar-refractivity contribution is 1.10. The molecule has 1 aromatic carbocycles. The molecule has 0 N–H and O–H groups in total. The van der Waals surface area contributed by atoms with Gasteiger partial charge >= 0.3 is 0 Å². The predicted octanol–water partition coefficient (Wildman–Crippen LogP) is 4.35. The zero-order valence-electron chi connectivity index (χ0n) is 8.28. The van der Waals surface area contributed by atoms with Gasteiger partial charge in [-0.15, -0.1) is 23.5 Å². The zero-order valence-corrected chi connectivity index (χ0v) is 9.91. The van der Waals surface area contributed by atoms with Crippen LogP contribution in [0.1, 0.15) is 24.7 Å². The summed E-state index contributed by atoms with van der Waals surface area (Å²) in [4.78, 5) is 0. The van der Waals surface area contributed by atoms with Crippen molar-refractivity contribution >= 4 is 23.5 Å². The van der Waals surface area contributed by atoms with E-state index in [9.17, 15) is 0 Å². The molecule has 1 atom stereocenters. The maximum atomic E-state index is 2.25. The van der Waals surface area contributed by atoms with Crippen molar-refractivity contribution in [1.82, 2.24) is 0 Å². The molecule has 0 amide bonds. The van der Waals surface area contributed by atoms with E-state index < -0.39 is 0 Å². The van der Waals surface area contributed by atoms with Crippen molar-refractivity contribution in [3.05, 3.63) is 40.5 Å². The monoisotopic (exact) mass is 211 g/mol. The minimum absolute atomic E-state index is 0.564. The third-order valence-electron chi connectivity index (χ3n) is 1.90. The van der Waals surface area contributed by atoms with E-state index in [4.69, 9.17) is 0 Å². The average Bonchev–Trinajstić information content (AvgIpc) is 2.19. The van der Waals surface area contributed by atoms with E-state index in [1.807, 2.05) is 23.5 Å². The van der Waals surface area contributed by atoms with Crippen LogP contribution >= 0.6 is 23.5 Å². The summed E-state index contributed by atoms with van der Waals surface area (Å²) < 4.78 is 1.43. The molecule has 0 aliphatic carbocycles. The summed E-state index contributed by atoms with van der Waals surface area (Å²) in [6, 6.07) is 10.6. The van der Waals surface area contributed by atoms with Crippen LogP contribution in [0.25, 0.3) is 0 Å². The van der Waals surface area contributed by atoms with Gasteiger partial charge in [-0.05, 0) is 25.7 Å². The molecule has 2 heteroatoms. The second kappa shape index (κ2) is 5.61. The highest BCUT2D eigenvalue weighted by Crippen LogP contribution is 2.40. The van der Waals surface area contributed by atoms with Crippen LogP contribution in [-0.2, 0) is 0 Å². The van der Waals surface area contributed by atoms with Crippen molar-refractivity contribution < 1.29 is 0 Å². The number of benzene rings is 1. The molecule has 0 nitrogen and oxygen atoms in total. The fourth-order valence-corrected chi connectivity index (χ4v) is 2.70. The van der Waals surface area contributed by atoms with Crippen LogP contribution in [0.4, 0.5) is 0 Å². The molecule has 0 aromatic heterocycles. The van der Waals surface area contributed by atoms with Crippen molar-refractivity contribution in [3.63, 3.8) is 0 Å². The van der Waals surface area contributed by atoms with Gasteiger partial charge in [-0.1, -0.05) is 30.3 Å². The lowest BCUT2D eigenvalue weighted by Crippen LogP contribution is -1.89. The Hall–Kier alpha value is -0.0800. The summed E-state index contributed by atoms with van der Waals surface area (Å²) in [5.41, 5.74) is 1.40. The maximum Gasteiger partial charge on any atom is 0.0820 e. The van der Waals surface area contributed by atoms with E-state index >= 15 is 0 Å². The molecule has 1 rings (SSSR count). The molecule has 0 heterocycles. The van der Waals surface area contributed by atoms with Gasteiger partial charge < -0.3 is 0 Å². The Balaban J connectivity index is 2.53. The van der Waals surface area contributed by atoms with Gasteiger partial charge in [0.1, 0.15) is 0 Å². The summed E-state index contributed by atoms with van der Waals surface area (Å²) >= 11 is 3.76. The van der Waals surface area contributed by atoms with Crippen LogP contribution in [-0.4, -0.2) is 6.26 Å². The van der Waals surface area contributed by atoms with Gasteiger partial charge in [-0.2, -0.15) is 0 Å². The van der Waals surface area contributed by atoms with Gasteiger partial charge in [0.25, 0.3) is 0 Å². The van der Waals surface area contributed by atoms with Crippen molar-refractivity contribution in [2.24, 2.45) is 0 Å². The largest absolute Gasteiger partial charge is 0.146 e. The highest BCUT2D eigenvalue weighted by molar-refractivity contribution is 8.20. The van der Waals surface area contributed by atoms with Crippen LogP contribution in [0.5, 0.6) is 0 Å². The Morgan fingerprint density at radius 1 is 1.23 bits per heavy atom. The number of rotatable bonds is 4. The fourth-order valence-electron chi connectivity index (χ4n) is 1.09. The molecule has 1 aromatic rings. The molecule has 0 saturated heterocycles. The molecule has 1 radical (unpaired) electrons. The van der Waals surface area contributed by atoms with E-state index in [1.54, 1.807) is 0 Å². The Kier molecular flexibility index (Phi) is 4.74. The maximum absolute atomic E-state index is 2.25. The van der Waals surface area contributed by atoms with Gasteiger partial charge in [0, 0.05) is 5.25 Å². The predicted molar refractivity (Wildman–Crippen MR) is 64.9 cm³/mol. The molecule has 0 fully saturated rings. The fraction of sp³-hybridized carbons (Fsp3) is 0.364. The first-order valence-corrected chi connectivity index (χ1v) is 6.43. The molecular weight excluding hydrogens is 196 g/mol. The standard InChI is InChI=1S/C11H15S2/c1-9(13-10(2)12-3)11-7-5-4-6-8-11/h4-9H,1-3H3. The van der Waals surface area contributed by atoms with Gasteiger partial charge in [-0.25, -0.2) is 0 Å². The van der Waals surface area contributed by atoms with E-state index in [0.29, 0.717) is 5.25 Å². The Labute approximate surface area is 89.5 Å². The quantitative estimate of drug-likeness (QED) is 0.726. The second-order valence-electron chi connectivity index (χ2n) is 2.87. The van der Waals surface area contributed by atoms with E-state index in [0.717, 1.165) is 0 Å². The molecule has 13 heavy (non-hydrogen) atoms. The number of thioether (sulfide) groups is 2.